The van der Waals surface area contributed by atoms with E-state index < -0.39 is 22.4 Å². The van der Waals surface area contributed by atoms with E-state index in [2.05, 4.69) is 0 Å². The summed E-state index contributed by atoms with van der Waals surface area (Å²) in [5.41, 5.74) is -0.526. The minimum absolute atomic E-state index is 0.0141. The van der Waals surface area contributed by atoms with Crippen LogP contribution in [0.2, 0.25) is 5.02 Å². The Morgan fingerprint density at radius 3 is 2.76 bits per heavy atom. The Balaban J connectivity index is 3.03. The largest absolute Gasteiger partial charge is 0.481 e. The van der Waals surface area contributed by atoms with Crippen molar-refractivity contribution in [1.82, 2.24) is 0 Å². The number of carboxylic acid groups (broad SMARTS) is 1. The molecule has 1 rings (SSSR count). The molecule has 1 aromatic rings. The van der Waals surface area contributed by atoms with Crippen molar-refractivity contribution in [3.8, 4) is 0 Å². The summed E-state index contributed by atoms with van der Waals surface area (Å²) in [4.78, 5) is 19.8. The third-order valence-electron chi connectivity index (χ3n) is 1.85. The second kappa shape index (κ2) is 5.40. The van der Waals surface area contributed by atoms with E-state index in [-0.39, 0.29) is 17.0 Å². The third kappa shape index (κ3) is 3.53. The molecule has 17 heavy (non-hydrogen) atoms. The molecule has 90 valence electrons. The van der Waals surface area contributed by atoms with Crippen molar-refractivity contribution in [2.24, 2.45) is 0 Å². The van der Waals surface area contributed by atoms with Gasteiger partial charge in [0.05, 0.1) is 16.4 Å². The van der Waals surface area contributed by atoms with E-state index in [1.54, 1.807) is 0 Å². The van der Waals surface area contributed by atoms with Crippen LogP contribution in [0.5, 0.6) is 0 Å². The highest BCUT2D eigenvalue weighted by Crippen LogP contribution is 2.26. The Morgan fingerprint density at radius 1 is 1.59 bits per heavy atom. The number of nitrogens with zero attached hydrogens (tertiary/aromatic N) is 1. The lowest BCUT2D eigenvalue weighted by Gasteiger charge is -1.99. The number of nitro groups is 1. The molecule has 0 unspecified atom stereocenters. The number of benzene rings is 1. The molecule has 0 heterocycles. The molecular formula is C10H7ClFNO4. The maximum absolute atomic E-state index is 13.2. The Bertz CT molecular complexity index is 501. The molecule has 0 aliphatic carbocycles. The fourth-order valence-electron chi connectivity index (χ4n) is 1.11. The molecule has 0 aliphatic heterocycles. The average molecular weight is 260 g/mol. The molecule has 1 N–H and O–H groups in total. The first-order valence-electron chi connectivity index (χ1n) is 4.43. The van der Waals surface area contributed by atoms with Crippen LogP contribution in [0.25, 0.3) is 6.08 Å². The molecule has 5 nitrogen and oxygen atoms in total. The van der Waals surface area contributed by atoms with Crippen molar-refractivity contribution in [1.29, 1.82) is 0 Å². The van der Waals surface area contributed by atoms with E-state index in [4.69, 9.17) is 16.7 Å². The number of nitro benzene ring substituents is 1. The van der Waals surface area contributed by atoms with Crippen LogP contribution in [0.1, 0.15) is 12.0 Å². The first-order chi connectivity index (χ1) is 7.91. The smallest absolute Gasteiger partial charge is 0.307 e. The first kappa shape index (κ1) is 13.1. The molecule has 0 aliphatic rings. The molecule has 0 saturated heterocycles. The van der Waals surface area contributed by atoms with Crippen LogP contribution in [0, 0.1) is 15.9 Å². The van der Waals surface area contributed by atoms with Crippen LogP contribution in [0.4, 0.5) is 10.1 Å². The normalized spacial score (nSPS) is 10.7. The van der Waals surface area contributed by atoms with Gasteiger partial charge in [0.2, 0.25) is 5.82 Å². The van der Waals surface area contributed by atoms with Gasteiger partial charge in [0.1, 0.15) is 0 Å². The van der Waals surface area contributed by atoms with E-state index in [1.165, 1.54) is 12.2 Å². The zero-order valence-corrected chi connectivity index (χ0v) is 9.15. The maximum atomic E-state index is 13.2. The number of rotatable bonds is 4. The van der Waals surface area contributed by atoms with E-state index in [9.17, 15) is 19.3 Å². The summed E-state index contributed by atoms with van der Waals surface area (Å²) >= 11 is 5.69. The highest BCUT2D eigenvalue weighted by molar-refractivity contribution is 6.32. The van der Waals surface area contributed by atoms with E-state index in [0.29, 0.717) is 0 Å². The zero-order chi connectivity index (χ0) is 13.0. The summed E-state index contributed by atoms with van der Waals surface area (Å²) < 4.78 is 13.2. The van der Waals surface area contributed by atoms with Gasteiger partial charge in [-0.1, -0.05) is 23.8 Å². The molecule has 0 fully saturated rings. The molecule has 1 aromatic carbocycles. The molecule has 0 amide bonds. The van der Waals surface area contributed by atoms with Gasteiger partial charge in [-0.15, -0.1) is 0 Å². The van der Waals surface area contributed by atoms with Crippen molar-refractivity contribution < 1.29 is 19.2 Å². The summed E-state index contributed by atoms with van der Waals surface area (Å²) in [6.45, 7) is 0. The van der Waals surface area contributed by atoms with Gasteiger partial charge in [0.15, 0.2) is 0 Å². The molecule has 7 heteroatoms. The van der Waals surface area contributed by atoms with Crippen LogP contribution in [0.15, 0.2) is 18.2 Å². The second-order valence-electron chi connectivity index (χ2n) is 3.08. The van der Waals surface area contributed by atoms with Crippen LogP contribution in [0.3, 0.4) is 0 Å². The Hall–Kier alpha value is -1.95. The number of halogens is 2. The van der Waals surface area contributed by atoms with Gasteiger partial charge >= 0.3 is 11.7 Å². The van der Waals surface area contributed by atoms with Crippen molar-refractivity contribution in [2.45, 2.75) is 6.42 Å². The van der Waals surface area contributed by atoms with Gasteiger partial charge in [-0.2, -0.15) is 4.39 Å². The van der Waals surface area contributed by atoms with Gasteiger partial charge in [-0.3, -0.25) is 14.9 Å². The fraction of sp³-hybridized carbons (Fsp3) is 0.100. The molecule has 0 atom stereocenters. The standard InChI is InChI=1S/C10H7ClFNO4/c11-7-5-9(13(16)17)8(12)4-6(7)2-1-3-10(14)15/h1-2,4-5H,3H2,(H,14,15). The molecule has 0 radical (unpaired) electrons. The lowest BCUT2D eigenvalue weighted by Crippen LogP contribution is -1.94. The minimum atomic E-state index is -1.04. The molecule has 0 spiro atoms. The summed E-state index contributed by atoms with van der Waals surface area (Å²) in [6, 6.07) is 1.77. The SMILES string of the molecule is O=C(O)CC=Cc1cc(F)c([N+](=O)[O-])cc1Cl. The summed E-state index contributed by atoms with van der Waals surface area (Å²) in [5, 5.41) is 18.8. The Labute approximate surface area is 100 Å². The van der Waals surface area contributed by atoms with Crippen molar-refractivity contribution >= 4 is 29.3 Å². The maximum Gasteiger partial charge on any atom is 0.307 e. The zero-order valence-electron chi connectivity index (χ0n) is 8.39. The van der Waals surface area contributed by atoms with Gasteiger partial charge in [0.25, 0.3) is 0 Å². The second-order valence-corrected chi connectivity index (χ2v) is 3.49. The van der Waals surface area contributed by atoms with Crippen molar-refractivity contribution in [2.75, 3.05) is 0 Å². The molecule has 0 aromatic heterocycles. The Kier molecular flexibility index (Phi) is 4.17. The fourth-order valence-corrected chi connectivity index (χ4v) is 1.33. The number of carboxylic acids is 1. The van der Waals surface area contributed by atoms with Gasteiger partial charge in [0, 0.05) is 6.07 Å². The Morgan fingerprint density at radius 2 is 2.24 bits per heavy atom. The van der Waals surface area contributed by atoms with E-state index in [1.807, 2.05) is 0 Å². The minimum Gasteiger partial charge on any atom is -0.481 e. The molecule has 0 bridgehead atoms. The summed E-state index contributed by atoms with van der Waals surface area (Å²) in [6.07, 6.45) is 2.33. The highest BCUT2D eigenvalue weighted by Gasteiger charge is 2.16. The number of aliphatic carboxylic acids is 1. The monoisotopic (exact) mass is 259 g/mol. The van der Waals surface area contributed by atoms with Gasteiger partial charge in [-0.05, 0) is 11.6 Å². The third-order valence-corrected chi connectivity index (χ3v) is 2.18. The van der Waals surface area contributed by atoms with Crippen LogP contribution in [-0.2, 0) is 4.79 Å². The number of hydrogen-bond acceptors (Lipinski definition) is 3. The van der Waals surface area contributed by atoms with Crippen molar-refractivity contribution in [3.05, 3.63) is 44.7 Å². The van der Waals surface area contributed by atoms with Crippen LogP contribution < -0.4 is 0 Å². The first-order valence-corrected chi connectivity index (χ1v) is 4.81. The molecular weight excluding hydrogens is 253 g/mol. The number of carbonyl (C=O) groups is 1. The quantitative estimate of drug-likeness (QED) is 0.666. The molecule has 0 saturated carbocycles. The average Bonchev–Trinajstić information content (AvgIpc) is 2.21. The number of hydrogen-bond donors (Lipinski definition) is 1. The van der Waals surface area contributed by atoms with Gasteiger partial charge in [-0.25, -0.2) is 0 Å². The van der Waals surface area contributed by atoms with E-state index in [0.717, 1.165) is 12.1 Å². The van der Waals surface area contributed by atoms with Crippen LogP contribution >= 0.6 is 11.6 Å². The predicted molar refractivity (Wildman–Crippen MR) is 59.4 cm³/mol. The lowest BCUT2D eigenvalue weighted by molar-refractivity contribution is -0.387. The van der Waals surface area contributed by atoms with E-state index >= 15 is 0 Å². The van der Waals surface area contributed by atoms with Crippen molar-refractivity contribution in [3.63, 3.8) is 0 Å². The lowest BCUT2D eigenvalue weighted by atomic mass is 10.1. The highest BCUT2D eigenvalue weighted by atomic mass is 35.5. The van der Waals surface area contributed by atoms with Gasteiger partial charge < -0.3 is 5.11 Å². The van der Waals surface area contributed by atoms with Crippen LogP contribution in [-0.4, -0.2) is 16.0 Å². The predicted octanol–water partition coefficient (Wildman–Crippen LogP) is 2.88. The summed E-state index contributed by atoms with van der Waals surface area (Å²) in [5.74, 6) is -2.06. The topological polar surface area (TPSA) is 80.4 Å². The summed E-state index contributed by atoms with van der Waals surface area (Å²) in [7, 11) is 0.